The van der Waals surface area contributed by atoms with Crippen molar-refractivity contribution in [3.8, 4) is 0 Å². The molecule has 1 atom stereocenters. The van der Waals surface area contributed by atoms with Crippen LogP contribution in [0.3, 0.4) is 0 Å². The number of hydrogen-bond donors (Lipinski definition) is 1. The highest BCUT2D eigenvalue weighted by atomic mass is 32.2. The maximum absolute atomic E-state index is 12.1. The number of nitrogens with zero attached hydrogens (tertiary/aromatic N) is 1. The van der Waals surface area contributed by atoms with Crippen molar-refractivity contribution in [1.82, 2.24) is 9.88 Å². The van der Waals surface area contributed by atoms with Gasteiger partial charge in [0, 0.05) is 13.0 Å². The van der Waals surface area contributed by atoms with Gasteiger partial charge in [0.1, 0.15) is 6.04 Å². The Balaban J connectivity index is 1.89. The molecule has 1 aromatic carbocycles. The normalized spacial score (nSPS) is 12.1. The number of rotatable bonds is 9. The maximum atomic E-state index is 12.1. The summed E-state index contributed by atoms with van der Waals surface area (Å²) >= 11 is 1.60. The van der Waals surface area contributed by atoms with Gasteiger partial charge in [-0.25, -0.2) is 9.59 Å². The molecule has 0 aliphatic heterocycles. The molecule has 0 unspecified atom stereocenters. The Morgan fingerprint density at radius 1 is 1.36 bits per heavy atom. The van der Waals surface area contributed by atoms with Crippen molar-refractivity contribution in [2.45, 2.75) is 31.8 Å². The highest BCUT2D eigenvalue weighted by Crippen LogP contribution is 2.12. The van der Waals surface area contributed by atoms with Crippen LogP contribution in [0.2, 0.25) is 0 Å². The van der Waals surface area contributed by atoms with Gasteiger partial charge in [-0.1, -0.05) is 12.1 Å². The van der Waals surface area contributed by atoms with E-state index in [2.05, 4.69) is 5.32 Å². The van der Waals surface area contributed by atoms with Gasteiger partial charge in [0.2, 0.25) is 5.91 Å². The third kappa shape index (κ3) is 5.12. The first-order valence-electron chi connectivity index (χ1n) is 8.01. The molecule has 0 fully saturated rings. The number of benzene rings is 1. The Hall–Kier alpha value is -2.22. The summed E-state index contributed by atoms with van der Waals surface area (Å²) in [4.78, 5) is 35.6. The van der Waals surface area contributed by atoms with Crippen LogP contribution in [-0.4, -0.2) is 41.6 Å². The topological polar surface area (TPSA) is 90.5 Å². The number of methoxy groups -OCH3 is 1. The number of fused-ring (bicyclic) bond motifs is 1. The average Bonchev–Trinajstić information content (AvgIpc) is 2.93. The van der Waals surface area contributed by atoms with E-state index in [0.717, 1.165) is 5.75 Å². The lowest BCUT2D eigenvalue weighted by Crippen LogP contribution is -2.41. The van der Waals surface area contributed by atoms with Crippen molar-refractivity contribution >= 4 is 34.7 Å². The molecule has 8 heteroatoms. The first-order chi connectivity index (χ1) is 12.1. The summed E-state index contributed by atoms with van der Waals surface area (Å²) in [6.07, 6.45) is 3.12. The Bertz CT molecular complexity index is 783. The fraction of sp³-hybridized carbons (Fsp3) is 0.471. The Labute approximate surface area is 149 Å². The molecular formula is C17H22N2O5S. The van der Waals surface area contributed by atoms with Crippen molar-refractivity contribution in [1.29, 1.82) is 0 Å². The molecule has 0 aliphatic carbocycles. The summed E-state index contributed by atoms with van der Waals surface area (Å²) in [7, 11) is 1.30. The molecule has 0 aliphatic rings. The Kier molecular flexibility index (Phi) is 7.12. The molecule has 0 saturated heterocycles. The number of hydrogen-bond acceptors (Lipinski definition) is 6. The number of oxazole rings is 1. The Morgan fingerprint density at radius 3 is 2.84 bits per heavy atom. The standard InChI is InChI=1S/C17H22N2O5S/c1-23-16(21)12(9-11-25-2)18-15(20)8-5-10-19-13-6-3-4-7-14(13)24-17(19)22/h3-4,6-7,12H,5,8-11H2,1-2H3,(H,18,20)/t12-/m1/s1. The van der Waals surface area contributed by atoms with Crippen molar-refractivity contribution in [3.05, 3.63) is 34.8 Å². The molecule has 2 rings (SSSR count). The monoisotopic (exact) mass is 366 g/mol. The van der Waals surface area contributed by atoms with E-state index in [1.165, 1.54) is 11.7 Å². The highest BCUT2D eigenvalue weighted by Gasteiger charge is 2.20. The van der Waals surface area contributed by atoms with Crippen LogP contribution in [0, 0.1) is 0 Å². The first kappa shape index (κ1) is 19.1. The van der Waals surface area contributed by atoms with Crippen LogP contribution in [0.5, 0.6) is 0 Å². The van der Waals surface area contributed by atoms with E-state index in [0.29, 0.717) is 30.5 Å². The van der Waals surface area contributed by atoms with Gasteiger partial charge < -0.3 is 14.5 Å². The van der Waals surface area contributed by atoms with Gasteiger partial charge in [0.15, 0.2) is 5.58 Å². The van der Waals surface area contributed by atoms with Crippen molar-refractivity contribution < 1.29 is 18.7 Å². The number of amides is 1. The fourth-order valence-electron chi connectivity index (χ4n) is 2.52. The lowest BCUT2D eigenvalue weighted by Gasteiger charge is -2.16. The summed E-state index contributed by atoms with van der Waals surface area (Å²) < 4.78 is 11.4. The zero-order valence-corrected chi connectivity index (χ0v) is 15.1. The summed E-state index contributed by atoms with van der Waals surface area (Å²) in [5.41, 5.74) is 1.24. The zero-order valence-electron chi connectivity index (χ0n) is 14.3. The molecule has 1 aromatic heterocycles. The number of aromatic nitrogens is 1. The SMILES string of the molecule is COC(=O)[C@@H](CCSC)NC(=O)CCCn1c(=O)oc2ccccc21. The lowest BCUT2D eigenvalue weighted by atomic mass is 10.2. The van der Waals surface area contributed by atoms with Crippen LogP contribution in [0.15, 0.2) is 33.5 Å². The zero-order chi connectivity index (χ0) is 18.2. The third-order valence-electron chi connectivity index (χ3n) is 3.79. The fourth-order valence-corrected chi connectivity index (χ4v) is 2.99. The van der Waals surface area contributed by atoms with Gasteiger partial charge in [-0.3, -0.25) is 9.36 Å². The van der Waals surface area contributed by atoms with Crippen molar-refractivity contribution in [3.63, 3.8) is 0 Å². The molecule has 0 saturated carbocycles. The van der Waals surface area contributed by atoms with Gasteiger partial charge >= 0.3 is 11.7 Å². The van der Waals surface area contributed by atoms with Gasteiger partial charge in [0.05, 0.1) is 12.6 Å². The number of carbonyl (C=O) groups is 2. The van der Waals surface area contributed by atoms with E-state index in [9.17, 15) is 14.4 Å². The molecule has 2 aromatic rings. The van der Waals surface area contributed by atoms with Crippen LogP contribution in [0.1, 0.15) is 19.3 Å². The second-order valence-electron chi connectivity index (χ2n) is 5.52. The lowest BCUT2D eigenvalue weighted by molar-refractivity contribution is -0.145. The molecule has 1 amide bonds. The van der Waals surface area contributed by atoms with Crippen LogP contribution in [-0.2, 0) is 20.9 Å². The summed E-state index contributed by atoms with van der Waals surface area (Å²) in [5, 5.41) is 2.70. The molecule has 0 bridgehead atoms. The number of esters is 1. The molecular weight excluding hydrogens is 344 g/mol. The second kappa shape index (κ2) is 9.31. The van der Waals surface area contributed by atoms with E-state index in [1.807, 2.05) is 12.3 Å². The van der Waals surface area contributed by atoms with Crippen molar-refractivity contribution in [2.24, 2.45) is 0 Å². The summed E-state index contributed by atoms with van der Waals surface area (Å²) in [6, 6.07) is 6.52. The van der Waals surface area contributed by atoms with Crippen LogP contribution >= 0.6 is 11.8 Å². The molecule has 1 heterocycles. The van der Waals surface area contributed by atoms with E-state index in [-0.39, 0.29) is 12.3 Å². The van der Waals surface area contributed by atoms with Gasteiger partial charge in [0.25, 0.3) is 0 Å². The quantitative estimate of drug-likeness (QED) is 0.681. The minimum atomic E-state index is -0.637. The number of thioether (sulfide) groups is 1. The molecule has 25 heavy (non-hydrogen) atoms. The molecule has 0 spiro atoms. The van der Waals surface area contributed by atoms with Gasteiger partial charge in [-0.2, -0.15) is 11.8 Å². The minimum absolute atomic E-state index is 0.207. The number of para-hydroxylation sites is 2. The number of aryl methyl sites for hydroxylation is 1. The highest BCUT2D eigenvalue weighted by molar-refractivity contribution is 7.98. The van der Waals surface area contributed by atoms with Crippen LogP contribution in [0.25, 0.3) is 11.1 Å². The van der Waals surface area contributed by atoms with Gasteiger partial charge in [-0.15, -0.1) is 0 Å². The predicted octanol–water partition coefficient (Wildman–Crippen LogP) is 1.79. The maximum Gasteiger partial charge on any atom is 0.419 e. The smallest absolute Gasteiger partial charge is 0.419 e. The molecule has 1 N–H and O–H groups in total. The number of nitrogens with one attached hydrogen (secondary N) is 1. The minimum Gasteiger partial charge on any atom is -0.467 e. The van der Waals surface area contributed by atoms with Crippen molar-refractivity contribution in [2.75, 3.05) is 19.1 Å². The first-order valence-corrected chi connectivity index (χ1v) is 9.40. The largest absolute Gasteiger partial charge is 0.467 e. The predicted molar refractivity (Wildman–Crippen MR) is 96.7 cm³/mol. The number of carbonyl (C=O) groups excluding carboxylic acids is 2. The van der Waals surface area contributed by atoms with E-state index < -0.39 is 17.8 Å². The number of ether oxygens (including phenoxy) is 1. The molecule has 0 radical (unpaired) electrons. The third-order valence-corrected chi connectivity index (χ3v) is 4.43. The molecule has 7 nitrogen and oxygen atoms in total. The van der Waals surface area contributed by atoms with E-state index in [1.54, 1.807) is 30.0 Å². The summed E-state index contributed by atoms with van der Waals surface area (Å²) in [5.74, 6) is -0.373. The van der Waals surface area contributed by atoms with E-state index >= 15 is 0 Å². The molecule has 136 valence electrons. The van der Waals surface area contributed by atoms with Gasteiger partial charge in [-0.05, 0) is 37.0 Å². The van der Waals surface area contributed by atoms with Crippen LogP contribution in [0.4, 0.5) is 0 Å². The Morgan fingerprint density at radius 2 is 2.12 bits per heavy atom. The van der Waals surface area contributed by atoms with E-state index in [4.69, 9.17) is 9.15 Å². The summed E-state index contributed by atoms with van der Waals surface area (Å²) in [6.45, 7) is 0.372. The van der Waals surface area contributed by atoms with Crippen LogP contribution < -0.4 is 11.1 Å². The second-order valence-corrected chi connectivity index (χ2v) is 6.50. The average molecular weight is 366 g/mol.